The van der Waals surface area contributed by atoms with Crippen molar-refractivity contribution in [1.29, 1.82) is 0 Å². The van der Waals surface area contributed by atoms with Crippen LogP contribution in [0.4, 0.5) is 0 Å². The summed E-state index contributed by atoms with van der Waals surface area (Å²) in [5, 5.41) is 2.94. The highest BCUT2D eigenvalue weighted by molar-refractivity contribution is 9.10. The highest BCUT2D eigenvalue weighted by Gasteiger charge is 2.14. The number of benzene rings is 2. The van der Waals surface area contributed by atoms with E-state index in [0.29, 0.717) is 5.56 Å². The van der Waals surface area contributed by atoms with E-state index in [1.165, 1.54) is 0 Å². The molecule has 1 atom stereocenters. The van der Waals surface area contributed by atoms with Gasteiger partial charge in [-0.25, -0.2) is 4.98 Å². The third-order valence-corrected chi connectivity index (χ3v) is 3.80. The Balaban J connectivity index is 1.77. The molecule has 0 aliphatic carbocycles. The Labute approximate surface area is 130 Å². The maximum absolute atomic E-state index is 12.2. The van der Waals surface area contributed by atoms with E-state index >= 15 is 0 Å². The zero-order chi connectivity index (χ0) is 14.8. The second kappa shape index (κ2) is 5.69. The summed E-state index contributed by atoms with van der Waals surface area (Å²) < 4.78 is 0.949. The van der Waals surface area contributed by atoms with E-state index in [2.05, 4.69) is 31.2 Å². The van der Waals surface area contributed by atoms with Crippen LogP contribution in [0.5, 0.6) is 0 Å². The number of aromatic amines is 1. The van der Waals surface area contributed by atoms with Gasteiger partial charge in [-0.2, -0.15) is 0 Å². The van der Waals surface area contributed by atoms with Gasteiger partial charge in [0, 0.05) is 10.0 Å². The average molecular weight is 344 g/mol. The molecule has 4 nitrogen and oxygen atoms in total. The number of imidazole rings is 1. The van der Waals surface area contributed by atoms with Gasteiger partial charge >= 0.3 is 0 Å². The molecule has 0 bridgehead atoms. The number of fused-ring (bicyclic) bond motifs is 1. The monoisotopic (exact) mass is 343 g/mol. The fraction of sp³-hybridized carbons (Fsp3) is 0.125. The van der Waals surface area contributed by atoms with Gasteiger partial charge in [0.2, 0.25) is 0 Å². The summed E-state index contributed by atoms with van der Waals surface area (Å²) in [6, 6.07) is 14.9. The number of aromatic nitrogens is 2. The van der Waals surface area contributed by atoms with Gasteiger partial charge < -0.3 is 10.3 Å². The number of nitrogens with one attached hydrogen (secondary N) is 2. The van der Waals surface area contributed by atoms with Gasteiger partial charge in [-0.05, 0) is 43.3 Å². The second-order valence-corrected chi connectivity index (χ2v) is 5.76. The van der Waals surface area contributed by atoms with Crippen LogP contribution >= 0.6 is 15.9 Å². The van der Waals surface area contributed by atoms with Crippen LogP contribution < -0.4 is 5.32 Å². The largest absolute Gasteiger partial charge is 0.342 e. The van der Waals surface area contributed by atoms with Crippen molar-refractivity contribution < 1.29 is 4.79 Å². The first kappa shape index (κ1) is 13.8. The number of amides is 1. The van der Waals surface area contributed by atoms with Crippen LogP contribution in [0.3, 0.4) is 0 Å². The molecule has 0 spiro atoms. The number of rotatable bonds is 3. The minimum absolute atomic E-state index is 0.115. The lowest BCUT2D eigenvalue weighted by atomic mass is 10.2. The third kappa shape index (κ3) is 2.97. The fourth-order valence-electron chi connectivity index (χ4n) is 2.13. The molecule has 0 saturated heterocycles. The van der Waals surface area contributed by atoms with Gasteiger partial charge in [0.15, 0.2) is 0 Å². The molecule has 2 N–H and O–H groups in total. The molecule has 2 aromatic carbocycles. The number of carbonyl (C=O) groups excluding carboxylic acids is 1. The zero-order valence-electron chi connectivity index (χ0n) is 11.4. The van der Waals surface area contributed by atoms with Crippen molar-refractivity contribution in [2.45, 2.75) is 13.0 Å². The topological polar surface area (TPSA) is 57.8 Å². The van der Waals surface area contributed by atoms with Crippen LogP contribution in [0.2, 0.25) is 0 Å². The molecule has 0 radical (unpaired) electrons. The second-order valence-electron chi connectivity index (χ2n) is 4.84. The molecule has 1 heterocycles. The Hall–Kier alpha value is -2.14. The highest BCUT2D eigenvalue weighted by atomic mass is 79.9. The maximum atomic E-state index is 12.2. The molecule has 21 heavy (non-hydrogen) atoms. The maximum Gasteiger partial charge on any atom is 0.251 e. The Kier molecular flexibility index (Phi) is 3.75. The number of halogens is 1. The van der Waals surface area contributed by atoms with Crippen LogP contribution in [-0.4, -0.2) is 15.9 Å². The number of carbonyl (C=O) groups is 1. The molecule has 3 aromatic rings. The first-order valence-electron chi connectivity index (χ1n) is 6.64. The van der Waals surface area contributed by atoms with Gasteiger partial charge in [0.1, 0.15) is 5.82 Å². The number of H-pyrrole nitrogens is 1. The van der Waals surface area contributed by atoms with Crippen molar-refractivity contribution >= 4 is 32.9 Å². The third-order valence-electron chi connectivity index (χ3n) is 3.27. The van der Waals surface area contributed by atoms with E-state index in [-0.39, 0.29) is 11.9 Å². The number of nitrogens with zero attached hydrogens (tertiary/aromatic N) is 1. The van der Waals surface area contributed by atoms with Gasteiger partial charge in [0.05, 0.1) is 17.1 Å². The summed E-state index contributed by atoms with van der Waals surface area (Å²) in [5.74, 6) is 0.636. The normalized spacial score (nSPS) is 12.3. The quantitative estimate of drug-likeness (QED) is 0.759. The molecule has 1 aromatic heterocycles. The Morgan fingerprint density at radius 1 is 1.19 bits per heavy atom. The zero-order valence-corrected chi connectivity index (χ0v) is 13.0. The molecule has 3 rings (SSSR count). The van der Waals surface area contributed by atoms with Crippen molar-refractivity contribution in [2.24, 2.45) is 0 Å². The molecule has 0 aliphatic heterocycles. The van der Waals surface area contributed by atoms with Crippen molar-refractivity contribution in [1.82, 2.24) is 15.3 Å². The molecule has 0 saturated carbocycles. The predicted molar refractivity (Wildman–Crippen MR) is 86.1 cm³/mol. The van der Waals surface area contributed by atoms with E-state index in [1.54, 1.807) is 12.1 Å². The summed E-state index contributed by atoms with van der Waals surface area (Å²) in [7, 11) is 0. The lowest BCUT2D eigenvalue weighted by molar-refractivity contribution is 0.0938. The molecule has 106 valence electrons. The molecule has 0 aliphatic rings. The van der Waals surface area contributed by atoms with Gasteiger partial charge in [0.25, 0.3) is 5.91 Å². The van der Waals surface area contributed by atoms with Gasteiger partial charge in [-0.15, -0.1) is 0 Å². The smallest absolute Gasteiger partial charge is 0.251 e. The Bertz CT molecular complexity index is 747. The highest BCUT2D eigenvalue weighted by Crippen LogP contribution is 2.16. The number of hydrogen-bond acceptors (Lipinski definition) is 2. The van der Waals surface area contributed by atoms with E-state index in [1.807, 2.05) is 43.3 Å². The average Bonchev–Trinajstić information content (AvgIpc) is 2.92. The minimum atomic E-state index is -0.187. The lowest BCUT2D eigenvalue weighted by Gasteiger charge is -2.11. The molecular weight excluding hydrogens is 330 g/mol. The summed E-state index contributed by atoms with van der Waals surface area (Å²) in [6.07, 6.45) is 0. The van der Waals surface area contributed by atoms with E-state index in [0.717, 1.165) is 21.3 Å². The summed E-state index contributed by atoms with van der Waals surface area (Å²) in [4.78, 5) is 19.9. The number of hydrogen-bond donors (Lipinski definition) is 2. The summed E-state index contributed by atoms with van der Waals surface area (Å²) >= 11 is 3.36. The first-order chi connectivity index (χ1) is 10.1. The van der Waals surface area contributed by atoms with Crippen LogP contribution in [0, 0.1) is 0 Å². The van der Waals surface area contributed by atoms with Crippen LogP contribution in [-0.2, 0) is 0 Å². The van der Waals surface area contributed by atoms with Crippen molar-refractivity contribution in [2.75, 3.05) is 0 Å². The van der Waals surface area contributed by atoms with Crippen LogP contribution in [0.15, 0.2) is 53.0 Å². The van der Waals surface area contributed by atoms with Gasteiger partial charge in [-0.3, -0.25) is 4.79 Å². The van der Waals surface area contributed by atoms with E-state index in [4.69, 9.17) is 0 Å². The van der Waals surface area contributed by atoms with Crippen molar-refractivity contribution in [3.63, 3.8) is 0 Å². The van der Waals surface area contributed by atoms with Crippen LogP contribution in [0.1, 0.15) is 29.1 Å². The lowest BCUT2D eigenvalue weighted by Crippen LogP contribution is -2.27. The van der Waals surface area contributed by atoms with Crippen molar-refractivity contribution in [3.05, 3.63) is 64.4 Å². The Morgan fingerprint density at radius 2 is 1.90 bits per heavy atom. The van der Waals surface area contributed by atoms with Gasteiger partial charge in [-0.1, -0.05) is 28.1 Å². The SMILES string of the molecule is C[C@@H](NC(=O)c1ccc(Br)cc1)c1nc2ccccc2[nH]1. The summed E-state index contributed by atoms with van der Waals surface area (Å²) in [6.45, 7) is 1.91. The number of para-hydroxylation sites is 2. The molecular formula is C16H14BrN3O. The van der Waals surface area contributed by atoms with E-state index < -0.39 is 0 Å². The minimum Gasteiger partial charge on any atom is -0.342 e. The summed E-state index contributed by atoms with van der Waals surface area (Å²) in [5.41, 5.74) is 2.50. The standard InChI is InChI=1S/C16H14BrN3O/c1-10(15-19-13-4-2-3-5-14(13)20-15)18-16(21)11-6-8-12(17)9-7-11/h2-10H,1H3,(H,18,21)(H,19,20)/t10-/m1/s1. The fourth-order valence-corrected chi connectivity index (χ4v) is 2.39. The first-order valence-corrected chi connectivity index (χ1v) is 7.44. The Morgan fingerprint density at radius 3 is 2.62 bits per heavy atom. The molecule has 0 unspecified atom stereocenters. The predicted octanol–water partition coefficient (Wildman–Crippen LogP) is 3.82. The molecule has 1 amide bonds. The van der Waals surface area contributed by atoms with Crippen molar-refractivity contribution in [3.8, 4) is 0 Å². The molecule has 0 fully saturated rings. The van der Waals surface area contributed by atoms with Crippen LogP contribution in [0.25, 0.3) is 11.0 Å². The molecule has 5 heteroatoms. The van der Waals surface area contributed by atoms with E-state index in [9.17, 15) is 4.79 Å².